The maximum Gasteiger partial charge on any atom is 0.270 e. The second kappa shape index (κ2) is 9.63. The van der Waals surface area contributed by atoms with Crippen LogP contribution in [0.5, 0.6) is 0 Å². The molecule has 0 radical (unpaired) electrons. The molecule has 4 nitrogen and oxygen atoms in total. The monoisotopic (exact) mass is 577 g/mol. The summed E-state index contributed by atoms with van der Waals surface area (Å²) in [7, 11) is 0. The Bertz CT molecular complexity index is 1600. The van der Waals surface area contributed by atoms with E-state index in [1.807, 2.05) is 55.5 Å². The van der Waals surface area contributed by atoms with Crippen LogP contribution in [0.25, 0.3) is 17.0 Å². The molecule has 8 heteroatoms. The smallest absolute Gasteiger partial charge is 0.270 e. The SMILES string of the molecule is Cc1c(/C=C2\SC(=S)N(c3ccc(Br)c(Cl)c3)C2=O)c2ccccc2n1Cc1ccccc1C#N. The first-order valence-corrected chi connectivity index (χ1v) is 13.1. The van der Waals surface area contributed by atoms with Crippen LogP contribution in [-0.4, -0.2) is 14.8 Å². The maximum absolute atomic E-state index is 13.4. The fraction of sp³-hybridized carbons (Fsp3) is 0.0741. The Morgan fingerprint density at radius 1 is 1.14 bits per heavy atom. The van der Waals surface area contributed by atoms with Gasteiger partial charge in [0, 0.05) is 33.2 Å². The van der Waals surface area contributed by atoms with Crippen LogP contribution in [0.2, 0.25) is 5.02 Å². The van der Waals surface area contributed by atoms with Crippen molar-refractivity contribution in [3.63, 3.8) is 0 Å². The lowest BCUT2D eigenvalue weighted by atomic mass is 10.1. The fourth-order valence-corrected chi connectivity index (χ4v) is 5.93. The van der Waals surface area contributed by atoms with E-state index >= 15 is 0 Å². The third kappa shape index (κ3) is 4.32. The van der Waals surface area contributed by atoms with E-state index in [-0.39, 0.29) is 5.91 Å². The van der Waals surface area contributed by atoms with E-state index in [4.69, 9.17) is 23.8 Å². The number of fused-ring (bicyclic) bond motifs is 1. The lowest BCUT2D eigenvalue weighted by molar-refractivity contribution is -0.113. The third-order valence-electron chi connectivity index (χ3n) is 5.98. The number of amides is 1. The van der Waals surface area contributed by atoms with Gasteiger partial charge in [0.15, 0.2) is 4.32 Å². The van der Waals surface area contributed by atoms with Crippen molar-refractivity contribution in [2.75, 3.05) is 4.90 Å². The molecule has 0 unspecified atom stereocenters. The number of nitrogens with zero attached hydrogens (tertiary/aromatic N) is 3. The van der Waals surface area contributed by atoms with Crippen LogP contribution >= 0.6 is 51.5 Å². The molecule has 0 bridgehead atoms. The highest BCUT2D eigenvalue weighted by Gasteiger charge is 2.34. The molecule has 1 aliphatic heterocycles. The average molecular weight is 579 g/mol. The molecule has 3 aromatic carbocycles. The quantitative estimate of drug-likeness (QED) is 0.184. The van der Waals surface area contributed by atoms with E-state index in [1.165, 1.54) is 16.7 Å². The van der Waals surface area contributed by atoms with Crippen molar-refractivity contribution >= 4 is 84.4 Å². The number of halogens is 2. The molecule has 0 atom stereocenters. The summed E-state index contributed by atoms with van der Waals surface area (Å²) in [5, 5.41) is 11.1. The molecular weight excluding hydrogens is 562 g/mol. The van der Waals surface area contributed by atoms with E-state index in [0.29, 0.717) is 32.0 Å². The molecule has 0 aliphatic carbocycles. The number of anilines is 1. The fourth-order valence-electron chi connectivity index (χ4n) is 4.23. The second-order valence-corrected chi connectivity index (χ2v) is 10.9. The van der Waals surface area contributed by atoms with Crippen molar-refractivity contribution in [3.05, 3.63) is 104 Å². The lowest BCUT2D eigenvalue weighted by Gasteiger charge is -2.15. The summed E-state index contributed by atoms with van der Waals surface area (Å²) in [6.07, 6.45) is 1.92. The number of carbonyl (C=O) groups is 1. The molecule has 172 valence electrons. The molecule has 1 aromatic heterocycles. The van der Waals surface area contributed by atoms with Crippen molar-refractivity contribution in [2.24, 2.45) is 0 Å². The molecule has 1 aliphatic rings. The molecule has 2 heterocycles. The van der Waals surface area contributed by atoms with E-state index in [9.17, 15) is 10.1 Å². The van der Waals surface area contributed by atoms with Gasteiger partial charge in [0.2, 0.25) is 0 Å². The summed E-state index contributed by atoms with van der Waals surface area (Å²) in [5.74, 6) is -0.176. The molecule has 0 saturated carbocycles. The Morgan fingerprint density at radius 2 is 1.89 bits per heavy atom. The van der Waals surface area contributed by atoms with Crippen LogP contribution in [0, 0.1) is 18.3 Å². The Labute approximate surface area is 225 Å². The summed E-state index contributed by atoms with van der Waals surface area (Å²) < 4.78 is 3.40. The van der Waals surface area contributed by atoms with Gasteiger partial charge in [-0.15, -0.1) is 0 Å². The van der Waals surface area contributed by atoms with Gasteiger partial charge in [-0.1, -0.05) is 72.0 Å². The second-order valence-electron chi connectivity index (χ2n) is 7.99. The molecular formula is C27H17BrClN3OS2. The predicted molar refractivity (Wildman–Crippen MR) is 152 cm³/mol. The minimum absolute atomic E-state index is 0.176. The minimum Gasteiger partial charge on any atom is -0.340 e. The van der Waals surface area contributed by atoms with E-state index in [0.717, 1.165) is 32.2 Å². The van der Waals surface area contributed by atoms with Gasteiger partial charge in [-0.05, 0) is 64.8 Å². The highest BCUT2D eigenvalue weighted by Crippen LogP contribution is 2.39. The summed E-state index contributed by atoms with van der Waals surface area (Å²) in [6.45, 7) is 2.60. The molecule has 1 saturated heterocycles. The Morgan fingerprint density at radius 3 is 2.66 bits per heavy atom. The largest absolute Gasteiger partial charge is 0.340 e. The Balaban J connectivity index is 1.58. The zero-order chi connectivity index (χ0) is 24.7. The van der Waals surface area contributed by atoms with Crippen LogP contribution < -0.4 is 4.90 Å². The van der Waals surface area contributed by atoms with Gasteiger partial charge in [0.05, 0.1) is 27.2 Å². The first kappa shape index (κ1) is 23.8. The molecule has 4 aromatic rings. The number of thioether (sulfide) groups is 1. The molecule has 0 N–H and O–H groups in total. The average Bonchev–Trinajstić information content (AvgIpc) is 3.29. The van der Waals surface area contributed by atoms with Crippen LogP contribution in [0.3, 0.4) is 0 Å². The van der Waals surface area contributed by atoms with Crippen molar-refractivity contribution in [1.29, 1.82) is 5.26 Å². The third-order valence-corrected chi connectivity index (χ3v) is 8.51. The summed E-state index contributed by atoms with van der Waals surface area (Å²) >= 11 is 16.5. The summed E-state index contributed by atoms with van der Waals surface area (Å²) in [6, 6.07) is 23.3. The number of thiocarbonyl (C=S) groups is 1. The minimum atomic E-state index is -0.176. The van der Waals surface area contributed by atoms with E-state index in [2.05, 4.69) is 38.7 Å². The number of hydrogen-bond donors (Lipinski definition) is 0. The molecule has 1 fully saturated rings. The first-order valence-electron chi connectivity index (χ1n) is 10.7. The van der Waals surface area contributed by atoms with Gasteiger partial charge in [0.1, 0.15) is 0 Å². The number of nitriles is 1. The number of para-hydroxylation sites is 1. The van der Waals surface area contributed by atoms with Crippen molar-refractivity contribution < 1.29 is 4.79 Å². The Kier molecular flexibility index (Phi) is 6.56. The number of aromatic nitrogens is 1. The summed E-state index contributed by atoms with van der Waals surface area (Å²) in [4.78, 5) is 15.5. The highest BCUT2D eigenvalue weighted by atomic mass is 79.9. The van der Waals surface area contributed by atoms with E-state index in [1.54, 1.807) is 12.1 Å². The number of rotatable bonds is 4. The van der Waals surface area contributed by atoms with Gasteiger partial charge in [-0.2, -0.15) is 5.26 Å². The van der Waals surface area contributed by atoms with Crippen LogP contribution in [0.1, 0.15) is 22.4 Å². The van der Waals surface area contributed by atoms with Crippen molar-refractivity contribution in [2.45, 2.75) is 13.5 Å². The van der Waals surface area contributed by atoms with E-state index < -0.39 is 0 Å². The van der Waals surface area contributed by atoms with Crippen LogP contribution in [0.4, 0.5) is 5.69 Å². The molecule has 1 amide bonds. The van der Waals surface area contributed by atoms with Gasteiger partial charge >= 0.3 is 0 Å². The van der Waals surface area contributed by atoms with Crippen LogP contribution in [0.15, 0.2) is 76.1 Å². The van der Waals surface area contributed by atoms with Crippen molar-refractivity contribution in [3.8, 4) is 6.07 Å². The first-order chi connectivity index (χ1) is 16.9. The van der Waals surface area contributed by atoms with Crippen molar-refractivity contribution in [1.82, 2.24) is 4.57 Å². The summed E-state index contributed by atoms with van der Waals surface area (Å²) in [5.41, 5.74) is 5.25. The normalized spacial score (nSPS) is 14.8. The van der Waals surface area contributed by atoms with Gasteiger partial charge < -0.3 is 4.57 Å². The zero-order valence-corrected chi connectivity index (χ0v) is 22.4. The topological polar surface area (TPSA) is 49.0 Å². The van der Waals surface area contributed by atoms with Crippen LogP contribution in [-0.2, 0) is 11.3 Å². The number of benzene rings is 3. The predicted octanol–water partition coefficient (Wildman–Crippen LogP) is 7.69. The molecule has 0 spiro atoms. The number of carbonyl (C=O) groups excluding carboxylic acids is 1. The van der Waals surface area contributed by atoms with Gasteiger partial charge in [0.25, 0.3) is 5.91 Å². The molecule has 35 heavy (non-hydrogen) atoms. The Hall–Kier alpha value is -2.89. The van der Waals surface area contributed by atoms with Gasteiger partial charge in [-0.3, -0.25) is 9.69 Å². The highest BCUT2D eigenvalue weighted by molar-refractivity contribution is 9.10. The lowest BCUT2D eigenvalue weighted by Crippen LogP contribution is -2.27. The molecule has 5 rings (SSSR count). The maximum atomic E-state index is 13.4. The zero-order valence-electron chi connectivity index (χ0n) is 18.5. The number of hydrogen-bond acceptors (Lipinski definition) is 4. The standard InChI is InChI=1S/C27H17BrClN3OS2/c1-16-21(13-25-26(33)32(27(34)35-25)19-10-11-22(28)23(29)12-19)20-8-4-5-9-24(20)31(16)15-18-7-3-2-6-17(18)14-30/h2-13H,15H2,1H3/b25-13-. The van der Waals surface area contributed by atoms with Gasteiger partial charge in [-0.25, -0.2) is 0 Å².